The summed E-state index contributed by atoms with van der Waals surface area (Å²) in [6.07, 6.45) is 0. The Labute approximate surface area is 114 Å². The third-order valence-corrected chi connectivity index (χ3v) is 3.99. The van der Waals surface area contributed by atoms with E-state index in [1.165, 1.54) is 4.88 Å². The first-order chi connectivity index (χ1) is 8.20. The van der Waals surface area contributed by atoms with Crippen LogP contribution in [0.25, 0.3) is 0 Å². The zero-order chi connectivity index (χ0) is 12.3. The summed E-state index contributed by atoms with van der Waals surface area (Å²) in [4.78, 5) is 3.64. The Morgan fingerprint density at radius 1 is 1.35 bits per heavy atom. The van der Waals surface area contributed by atoms with Crippen molar-refractivity contribution in [2.75, 3.05) is 17.2 Å². The number of hydrogen-bond acceptors (Lipinski definition) is 3. The zero-order valence-electron chi connectivity index (χ0n) is 9.69. The first-order valence-electron chi connectivity index (χ1n) is 5.53. The number of nitrogen functional groups attached to an aromatic ring is 1. The summed E-state index contributed by atoms with van der Waals surface area (Å²) < 4.78 is 1.02. The van der Waals surface area contributed by atoms with Crippen LogP contribution in [0.1, 0.15) is 11.8 Å². The van der Waals surface area contributed by atoms with Gasteiger partial charge in [0.05, 0.1) is 17.9 Å². The van der Waals surface area contributed by atoms with E-state index in [1.54, 1.807) is 11.3 Å². The van der Waals surface area contributed by atoms with Crippen LogP contribution in [0.4, 0.5) is 11.4 Å². The van der Waals surface area contributed by atoms with Gasteiger partial charge in [0, 0.05) is 15.9 Å². The molecule has 2 aromatic rings. The monoisotopic (exact) mass is 310 g/mol. The number of rotatable bonds is 4. The molecule has 0 aliphatic rings. The number of nitrogens with zero attached hydrogens (tertiary/aromatic N) is 1. The van der Waals surface area contributed by atoms with Crippen LogP contribution >= 0.6 is 27.3 Å². The van der Waals surface area contributed by atoms with Gasteiger partial charge in [-0.2, -0.15) is 0 Å². The standard InChI is InChI=1S/C13H15BrN2S/c1-2-16(9-11-4-3-7-17-11)13-6-5-10(14)8-12(13)15/h3-8H,2,9,15H2,1H3. The molecule has 0 atom stereocenters. The summed E-state index contributed by atoms with van der Waals surface area (Å²) in [6, 6.07) is 10.3. The molecule has 0 saturated carbocycles. The second-order valence-corrected chi connectivity index (χ2v) is 5.74. The Bertz CT molecular complexity index is 482. The smallest absolute Gasteiger partial charge is 0.0603 e. The van der Waals surface area contributed by atoms with Gasteiger partial charge in [0.2, 0.25) is 0 Å². The number of hydrogen-bond donors (Lipinski definition) is 1. The summed E-state index contributed by atoms with van der Waals surface area (Å²) in [5, 5.41) is 2.11. The van der Waals surface area contributed by atoms with Gasteiger partial charge in [0.15, 0.2) is 0 Å². The number of nitrogens with two attached hydrogens (primary N) is 1. The number of anilines is 2. The normalized spacial score (nSPS) is 10.5. The van der Waals surface area contributed by atoms with E-state index in [2.05, 4.69) is 51.3 Å². The first kappa shape index (κ1) is 12.5. The van der Waals surface area contributed by atoms with Gasteiger partial charge < -0.3 is 10.6 Å². The van der Waals surface area contributed by atoms with Crippen molar-refractivity contribution in [3.05, 3.63) is 45.1 Å². The fourth-order valence-electron chi connectivity index (χ4n) is 1.77. The molecule has 0 fully saturated rings. The molecule has 17 heavy (non-hydrogen) atoms. The van der Waals surface area contributed by atoms with E-state index in [4.69, 9.17) is 5.73 Å². The Kier molecular flexibility index (Phi) is 4.07. The predicted octanol–water partition coefficient (Wildman–Crippen LogP) is 4.12. The van der Waals surface area contributed by atoms with Crippen molar-refractivity contribution >= 4 is 38.6 Å². The SMILES string of the molecule is CCN(Cc1cccs1)c1ccc(Br)cc1N. The van der Waals surface area contributed by atoms with E-state index in [0.29, 0.717) is 0 Å². The van der Waals surface area contributed by atoms with Crippen LogP contribution in [0.3, 0.4) is 0 Å². The van der Waals surface area contributed by atoms with Gasteiger partial charge in [-0.3, -0.25) is 0 Å². The van der Waals surface area contributed by atoms with E-state index in [9.17, 15) is 0 Å². The van der Waals surface area contributed by atoms with Crippen molar-refractivity contribution in [2.45, 2.75) is 13.5 Å². The number of benzene rings is 1. The molecular weight excluding hydrogens is 296 g/mol. The Hall–Kier alpha value is -1.00. The molecule has 4 heteroatoms. The van der Waals surface area contributed by atoms with Gasteiger partial charge in [-0.1, -0.05) is 22.0 Å². The molecule has 0 bridgehead atoms. The minimum atomic E-state index is 0.817. The van der Waals surface area contributed by atoms with Gasteiger partial charge >= 0.3 is 0 Å². The summed E-state index contributed by atoms with van der Waals surface area (Å²) >= 11 is 5.21. The highest BCUT2D eigenvalue weighted by Gasteiger charge is 2.09. The molecule has 0 aliphatic heterocycles. The number of halogens is 1. The van der Waals surface area contributed by atoms with Crippen LogP contribution in [0.2, 0.25) is 0 Å². The van der Waals surface area contributed by atoms with Crippen LogP contribution in [-0.4, -0.2) is 6.54 Å². The van der Waals surface area contributed by atoms with E-state index < -0.39 is 0 Å². The molecule has 0 saturated heterocycles. The summed E-state index contributed by atoms with van der Waals surface area (Å²) in [5.74, 6) is 0. The van der Waals surface area contributed by atoms with E-state index in [1.807, 2.05) is 12.1 Å². The molecule has 0 radical (unpaired) electrons. The third-order valence-electron chi connectivity index (χ3n) is 2.64. The molecule has 2 N–H and O–H groups in total. The highest BCUT2D eigenvalue weighted by molar-refractivity contribution is 9.10. The molecule has 0 amide bonds. The van der Waals surface area contributed by atoms with E-state index in [-0.39, 0.29) is 0 Å². The molecule has 0 spiro atoms. The molecule has 0 unspecified atom stereocenters. The van der Waals surface area contributed by atoms with Crippen molar-refractivity contribution in [1.29, 1.82) is 0 Å². The van der Waals surface area contributed by atoms with Crippen LogP contribution in [-0.2, 0) is 6.54 Å². The lowest BCUT2D eigenvalue weighted by molar-refractivity contribution is 0.844. The van der Waals surface area contributed by atoms with Crippen LogP contribution in [0.15, 0.2) is 40.2 Å². The molecule has 1 heterocycles. The average Bonchev–Trinajstić information content (AvgIpc) is 2.79. The van der Waals surface area contributed by atoms with Crippen LogP contribution in [0.5, 0.6) is 0 Å². The first-order valence-corrected chi connectivity index (χ1v) is 7.20. The molecule has 2 rings (SSSR count). The third kappa shape index (κ3) is 3.01. The highest BCUT2D eigenvalue weighted by Crippen LogP contribution is 2.28. The Morgan fingerprint density at radius 3 is 2.76 bits per heavy atom. The van der Waals surface area contributed by atoms with Crippen LogP contribution in [0, 0.1) is 0 Å². The lowest BCUT2D eigenvalue weighted by Crippen LogP contribution is -2.22. The minimum absolute atomic E-state index is 0.817. The van der Waals surface area contributed by atoms with Crippen LogP contribution < -0.4 is 10.6 Å². The summed E-state index contributed by atoms with van der Waals surface area (Å²) in [7, 11) is 0. The number of thiophene rings is 1. The Morgan fingerprint density at radius 2 is 2.18 bits per heavy atom. The fraction of sp³-hybridized carbons (Fsp3) is 0.231. The predicted molar refractivity (Wildman–Crippen MR) is 79.6 cm³/mol. The Balaban J connectivity index is 2.23. The fourth-order valence-corrected chi connectivity index (χ4v) is 2.87. The van der Waals surface area contributed by atoms with Crippen molar-refractivity contribution in [3.63, 3.8) is 0 Å². The average molecular weight is 311 g/mol. The highest BCUT2D eigenvalue weighted by atomic mass is 79.9. The molecule has 1 aromatic carbocycles. The van der Waals surface area contributed by atoms with E-state index >= 15 is 0 Å². The van der Waals surface area contributed by atoms with Crippen molar-refractivity contribution in [1.82, 2.24) is 0 Å². The van der Waals surface area contributed by atoms with Gasteiger partial charge in [-0.25, -0.2) is 0 Å². The maximum absolute atomic E-state index is 6.06. The maximum Gasteiger partial charge on any atom is 0.0603 e. The molecule has 2 nitrogen and oxygen atoms in total. The summed E-state index contributed by atoms with van der Waals surface area (Å²) in [5.41, 5.74) is 7.98. The van der Waals surface area contributed by atoms with Crippen molar-refractivity contribution < 1.29 is 0 Å². The van der Waals surface area contributed by atoms with Crippen molar-refractivity contribution in [2.24, 2.45) is 0 Å². The molecule has 0 aliphatic carbocycles. The molecule has 1 aromatic heterocycles. The second-order valence-electron chi connectivity index (χ2n) is 3.80. The largest absolute Gasteiger partial charge is 0.397 e. The topological polar surface area (TPSA) is 29.3 Å². The quantitative estimate of drug-likeness (QED) is 0.861. The van der Waals surface area contributed by atoms with Gasteiger partial charge in [0.25, 0.3) is 0 Å². The van der Waals surface area contributed by atoms with Gasteiger partial charge in [-0.15, -0.1) is 11.3 Å². The maximum atomic E-state index is 6.06. The van der Waals surface area contributed by atoms with Gasteiger partial charge in [0.1, 0.15) is 0 Å². The summed E-state index contributed by atoms with van der Waals surface area (Å²) in [6.45, 7) is 4.01. The molecule has 90 valence electrons. The van der Waals surface area contributed by atoms with Crippen molar-refractivity contribution in [3.8, 4) is 0 Å². The lowest BCUT2D eigenvalue weighted by Gasteiger charge is -2.24. The van der Waals surface area contributed by atoms with Gasteiger partial charge in [-0.05, 0) is 36.6 Å². The second kappa shape index (κ2) is 5.56. The lowest BCUT2D eigenvalue weighted by atomic mass is 10.2. The molecular formula is C13H15BrN2S. The minimum Gasteiger partial charge on any atom is -0.397 e. The zero-order valence-corrected chi connectivity index (χ0v) is 12.1. The van der Waals surface area contributed by atoms with E-state index in [0.717, 1.165) is 28.9 Å².